The van der Waals surface area contributed by atoms with Crippen molar-refractivity contribution in [2.75, 3.05) is 9.80 Å². The number of guanidine groups is 4. The first-order chi connectivity index (χ1) is 16.7. The van der Waals surface area contributed by atoms with Crippen molar-refractivity contribution in [1.29, 1.82) is 0 Å². The van der Waals surface area contributed by atoms with E-state index < -0.39 is 21.2 Å². The van der Waals surface area contributed by atoms with E-state index in [9.17, 15) is 8.42 Å². The Labute approximate surface area is 233 Å². The van der Waals surface area contributed by atoms with Crippen LogP contribution in [0, 0.1) is 0 Å². The SMILES string of the molecule is CC1(C)N=C(N)N=C(N)N1c1ccc2c(c1)S(=O)(=O)c1cc(N3C(N)=NC(N)=NC3(C)C)ccc1C2.Cl.Cl. The van der Waals surface area contributed by atoms with Crippen molar-refractivity contribution in [3.63, 3.8) is 0 Å². The maximum absolute atomic E-state index is 13.9. The normalized spacial score (nSPS) is 20.3. The number of rotatable bonds is 2. The molecule has 0 aliphatic carbocycles. The number of halogens is 2. The van der Waals surface area contributed by atoms with Gasteiger partial charge >= 0.3 is 0 Å². The molecule has 8 N–H and O–H groups in total. The Balaban J connectivity index is 0.00000200. The van der Waals surface area contributed by atoms with Crippen LogP contribution in [0.2, 0.25) is 0 Å². The second kappa shape index (κ2) is 9.33. The van der Waals surface area contributed by atoms with Crippen LogP contribution in [-0.4, -0.2) is 43.6 Å². The van der Waals surface area contributed by atoms with Gasteiger partial charge in [0.2, 0.25) is 33.7 Å². The minimum atomic E-state index is -3.89. The first-order valence-corrected chi connectivity index (χ1v) is 12.7. The van der Waals surface area contributed by atoms with Crippen molar-refractivity contribution in [2.24, 2.45) is 42.9 Å². The van der Waals surface area contributed by atoms with Crippen LogP contribution in [0.5, 0.6) is 0 Å². The van der Waals surface area contributed by atoms with Gasteiger partial charge in [0, 0.05) is 17.8 Å². The van der Waals surface area contributed by atoms with E-state index in [1.807, 2.05) is 39.8 Å². The van der Waals surface area contributed by atoms with Gasteiger partial charge in [-0.25, -0.2) is 18.4 Å². The Bertz CT molecular complexity index is 1440. The molecule has 0 fully saturated rings. The average Bonchev–Trinajstić information content (AvgIpc) is 2.72. The van der Waals surface area contributed by atoms with Crippen LogP contribution in [0.4, 0.5) is 11.4 Å². The number of nitrogens with zero attached hydrogens (tertiary/aromatic N) is 6. The van der Waals surface area contributed by atoms with Gasteiger partial charge in [-0.2, -0.15) is 9.98 Å². The molecule has 0 saturated heterocycles. The minimum Gasteiger partial charge on any atom is -0.369 e. The number of fused-ring (bicyclic) bond motifs is 2. The van der Waals surface area contributed by atoms with Crippen LogP contribution in [0.1, 0.15) is 38.8 Å². The fraction of sp³-hybridized carbons (Fsp3) is 0.304. The number of anilines is 2. The van der Waals surface area contributed by atoms with Crippen molar-refractivity contribution in [3.05, 3.63) is 47.5 Å². The molecule has 2 aromatic rings. The summed E-state index contributed by atoms with van der Waals surface area (Å²) in [6.07, 6.45) is 0.445. The Kier molecular flexibility index (Phi) is 7.12. The summed E-state index contributed by atoms with van der Waals surface area (Å²) in [5, 5.41) is 0. The molecule has 0 saturated carbocycles. The number of nitrogens with two attached hydrogens (primary N) is 4. The lowest BCUT2D eigenvalue weighted by molar-refractivity contribution is 0.533. The predicted octanol–water partition coefficient (Wildman–Crippen LogP) is 1.64. The zero-order chi connectivity index (χ0) is 26.2. The molecule has 0 unspecified atom stereocenters. The number of aliphatic imine (C=N–C) groups is 4. The minimum absolute atomic E-state index is 0. The standard InChI is InChI=1S/C23H28N10O2S.2ClH/c1-22(2)30-18(24)28-20(26)32(22)14-7-5-12-9-13-6-8-15(11-17(13)36(34,35)16(12)10-14)33-21(27)29-19(25)31-23(33,3)4;;/h5-8,10-11H,9H2,1-4H3,(H4,24,26,28,30)(H4,25,27,29,31);2*1H. The quantitative estimate of drug-likeness (QED) is 0.351. The summed E-state index contributed by atoms with van der Waals surface area (Å²) in [6, 6.07) is 10.4. The van der Waals surface area contributed by atoms with E-state index in [0.29, 0.717) is 28.9 Å². The molecule has 0 amide bonds. The van der Waals surface area contributed by atoms with Gasteiger partial charge in [-0.05, 0) is 63.1 Å². The van der Waals surface area contributed by atoms with Gasteiger partial charge in [0.15, 0.2) is 0 Å². The van der Waals surface area contributed by atoms with Crippen molar-refractivity contribution >= 4 is 69.9 Å². The summed E-state index contributed by atoms with van der Waals surface area (Å²) >= 11 is 0. The summed E-state index contributed by atoms with van der Waals surface area (Å²) in [7, 11) is -3.89. The van der Waals surface area contributed by atoms with Gasteiger partial charge in [0.25, 0.3) is 0 Å². The number of hydrogen-bond donors (Lipinski definition) is 4. The number of hydrogen-bond acceptors (Lipinski definition) is 12. The average molecular weight is 582 g/mol. The van der Waals surface area contributed by atoms with E-state index in [0.717, 1.165) is 0 Å². The smallest absolute Gasteiger partial charge is 0.220 e. The molecule has 3 aliphatic heterocycles. The lowest BCUT2D eigenvalue weighted by Crippen LogP contribution is -2.54. The zero-order valence-corrected chi connectivity index (χ0v) is 23.7. The van der Waals surface area contributed by atoms with Gasteiger partial charge in [0.1, 0.15) is 11.3 Å². The number of benzene rings is 2. The molecule has 0 atom stereocenters. The van der Waals surface area contributed by atoms with Gasteiger partial charge < -0.3 is 22.9 Å². The first-order valence-electron chi connectivity index (χ1n) is 11.2. The van der Waals surface area contributed by atoms with Gasteiger partial charge in [-0.3, -0.25) is 9.80 Å². The van der Waals surface area contributed by atoms with E-state index in [4.69, 9.17) is 22.9 Å². The maximum Gasteiger partial charge on any atom is 0.220 e. The summed E-state index contributed by atoms with van der Waals surface area (Å²) in [4.78, 5) is 20.5. The topological polar surface area (TPSA) is 194 Å². The third kappa shape index (κ3) is 4.50. The maximum atomic E-state index is 13.9. The van der Waals surface area contributed by atoms with E-state index >= 15 is 0 Å². The largest absolute Gasteiger partial charge is 0.369 e. The molecule has 3 aliphatic rings. The number of sulfone groups is 1. The first kappa shape index (κ1) is 29.0. The van der Waals surface area contributed by atoms with Crippen LogP contribution < -0.4 is 32.7 Å². The highest BCUT2D eigenvalue weighted by molar-refractivity contribution is 7.91. The van der Waals surface area contributed by atoms with E-state index in [-0.39, 0.29) is 58.4 Å². The highest BCUT2D eigenvalue weighted by Gasteiger charge is 2.38. The van der Waals surface area contributed by atoms with Gasteiger partial charge in [-0.1, -0.05) is 12.1 Å². The lowest BCUT2D eigenvalue weighted by atomic mass is 10.0. The van der Waals surface area contributed by atoms with Crippen LogP contribution in [-0.2, 0) is 16.3 Å². The zero-order valence-electron chi connectivity index (χ0n) is 21.2. The molecule has 5 rings (SSSR count). The summed E-state index contributed by atoms with van der Waals surface area (Å²) in [6.45, 7) is 7.27. The van der Waals surface area contributed by atoms with Crippen LogP contribution >= 0.6 is 24.8 Å². The Morgan fingerprint density at radius 2 is 1.08 bits per heavy atom. The van der Waals surface area contributed by atoms with E-state index in [2.05, 4.69) is 20.0 Å². The van der Waals surface area contributed by atoms with E-state index in [1.54, 1.807) is 34.1 Å². The summed E-state index contributed by atoms with van der Waals surface area (Å²) < 4.78 is 27.8. The van der Waals surface area contributed by atoms with Crippen molar-refractivity contribution in [2.45, 2.75) is 55.2 Å². The molecule has 12 nitrogen and oxygen atoms in total. The summed E-state index contributed by atoms with van der Waals surface area (Å²) in [5.41, 5.74) is 24.6. The Morgan fingerprint density at radius 3 is 1.42 bits per heavy atom. The molecular weight excluding hydrogens is 551 g/mol. The molecule has 0 radical (unpaired) electrons. The van der Waals surface area contributed by atoms with Crippen LogP contribution in [0.3, 0.4) is 0 Å². The third-order valence-electron chi connectivity index (χ3n) is 6.36. The molecule has 15 heteroatoms. The van der Waals surface area contributed by atoms with Gasteiger partial charge in [0.05, 0.1) is 9.79 Å². The van der Waals surface area contributed by atoms with Crippen LogP contribution in [0.25, 0.3) is 0 Å². The van der Waals surface area contributed by atoms with Crippen molar-refractivity contribution < 1.29 is 8.42 Å². The summed E-state index contributed by atoms with van der Waals surface area (Å²) in [5.74, 6) is 0.390. The molecule has 38 heavy (non-hydrogen) atoms. The monoisotopic (exact) mass is 580 g/mol. The van der Waals surface area contributed by atoms with Gasteiger partial charge in [-0.15, -0.1) is 24.8 Å². The third-order valence-corrected chi connectivity index (χ3v) is 8.28. The molecular formula is C23H30Cl2N10O2S. The molecule has 0 spiro atoms. The van der Waals surface area contributed by atoms with Crippen molar-refractivity contribution in [1.82, 2.24) is 0 Å². The fourth-order valence-corrected chi connectivity index (χ4v) is 6.74. The molecule has 3 heterocycles. The van der Waals surface area contributed by atoms with Crippen molar-refractivity contribution in [3.8, 4) is 0 Å². The highest BCUT2D eigenvalue weighted by Crippen LogP contribution is 2.40. The molecule has 0 aromatic heterocycles. The predicted molar refractivity (Wildman–Crippen MR) is 155 cm³/mol. The van der Waals surface area contributed by atoms with Crippen LogP contribution in [0.15, 0.2) is 66.2 Å². The Hall–Kier alpha value is -3.55. The highest BCUT2D eigenvalue weighted by atomic mass is 35.5. The second-order valence-electron chi connectivity index (χ2n) is 9.80. The lowest BCUT2D eigenvalue weighted by Gasteiger charge is -2.39. The fourth-order valence-electron chi connectivity index (χ4n) is 4.98. The second-order valence-corrected chi connectivity index (χ2v) is 11.7. The Morgan fingerprint density at radius 1 is 0.711 bits per heavy atom. The molecule has 2 aromatic carbocycles. The molecule has 204 valence electrons. The van der Waals surface area contributed by atoms with E-state index in [1.165, 1.54) is 0 Å². The molecule has 0 bridgehead atoms.